The lowest BCUT2D eigenvalue weighted by molar-refractivity contribution is -0.227. The van der Waals surface area contributed by atoms with Crippen LogP contribution in [0.25, 0.3) is 0 Å². The Morgan fingerprint density at radius 3 is 1.51 bits per heavy atom. The lowest BCUT2D eigenvalue weighted by atomic mass is 9.70. The molecule has 13 N–H and O–H groups in total. The molecule has 18 nitrogen and oxygen atoms in total. The van der Waals surface area contributed by atoms with Crippen LogP contribution in [0.3, 0.4) is 0 Å². The fraction of sp³-hybridized carbons (Fsp3) is 0.200. The molecule has 6 aromatic rings. The van der Waals surface area contributed by atoms with Crippen molar-refractivity contribution in [3.63, 3.8) is 0 Å². The molecular formula is C45H34O18. The summed E-state index contributed by atoms with van der Waals surface area (Å²) in [5, 5.41) is 145. The Kier molecular flexibility index (Phi) is 7.65. The average molecular weight is 863 g/mol. The molecule has 6 aromatic carbocycles. The van der Waals surface area contributed by atoms with Crippen molar-refractivity contribution < 1.29 is 90.1 Å². The van der Waals surface area contributed by atoms with E-state index in [1.165, 1.54) is 36.4 Å². The van der Waals surface area contributed by atoms with Crippen molar-refractivity contribution in [2.45, 2.75) is 54.2 Å². The molecule has 5 aliphatic heterocycles. The van der Waals surface area contributed by atoms with Crippen molar-refractivity contribution in [3.8, 4) is 86.2 Å². The van der Waals surface area contributed by atoms with Gasteiger partial charge in [-0.1, -0.05) is 6.07 Å². The lowest BCUT2D eigenvalue weighted by Gasteiger charge is -2.53. The maximum absolute atomic E-state index is 12.7. The second kappa shape index (κ2) is 12.6. The molecule has 5 heterocycles. The van der Waals surface area contributed by atoms with Crippen LogP contribution in [-0.2, 0) is 18.0 Å². The van der Waals surface area contributed by atoms with E-state index in [1.807, 2.05) is 0 Å². The average Bonchev–Trinajstić information content (AvgIpc) is 3.22. The second-order valence-electron chi connectivity index (χ2n) is 16.1. The van der Waals surface area contributed by atoms with Gasteiger partial charge in [-0.25, -0.2) is 0 Å². The summed E-state index contributed by atoms with van der Waals surface area (Å²) in [6.07, 6.45) is -6.54. The van der Waals surface area contributed by atoms with Gasteiger partial charge in [-0.15, -0.1) is 0 Å². The summed E-state index contributed by atoms with van der Waals surface area (Å²) < 4.78 is 32.6. The minimum Gasteiger partial charge on any atom is -0.508 e. The van der Waals surface area contributed by atoms with Crippen LogP contribution in [0, 0.1) is 0 Å². The van der Waals surface area contributed by atoms with E-state index in [0.717, 1.165) is 42.5 Å². The third kappa shape index (κ3) is 5.04. The van der Waals surface area contributed by atoms with Crippen LogP contribution in [0.4, 0.5) is 0 Å². The fourth-order valence-electron chi connectivity index (χ4n) is 9.70. The van der Waals surface area contributed by atoms with E-state index in [2.05, 4.69) is 0 Å². The minimum atomic E-state index is -2.43. The number of phenols is 10. The molecule has 0 unspecified atom stereocenters. The first-order valence-electron chi connectivity index (χ1n) is 19.4. The maximum Gasteiger partial charge on any atom is 0.305 e. The first-order chi connectivity index (χ1) is 30.0. The topological polar surface area (TPSA) is 309 Å². The number of aliphatic hydroxyl groups is 3. The lowest BCUT2D eigenvalue weighted by Crippen LogP contribution is -2.59. The van der Waals surface area contributed by atoms with Gasteiger partial charge in [-0.3, -0.25) is 0 Å². The molecule has 0 radical (unpaired) electrons. The number of rotatable bonds is 3. The third-order valence-corrected chi connectivity index (χ3v) is 12.5. The molecular weight excluding hydrogens is 828 g/mol. The van der Waals surface area contributed by atoms with E-state index in [-0.39, 0.29) is 79.7 Å². The van der Waals surface area contributed by atoms with Crippen molar-refractivity contribution in [1.82, 2.24) is 0 Å². The highest BCUT2D eigenvalue weighted by Crippen LogP contribution is 2.67. The normalized spacial score (nSPS) is 26.7. The van der Waals surface area contributed by atoms with Crippen molar-refractivity contribution in [3.05, 3.63) is 123 Å². The monoisotopic (exact) mass is 862 g/mol. The van der Waals surface area contributed by atoms with E-state index in [0.29, 0.717) is 0 Å². The first kappa shape index (κ1) is 38.1. The Labute approximate surface area is 353 Å². The Hall–Kier alpha value is -7.80. The maximum atomic E-state index is 12.7. The zero-order valence-corrected chi connectivity index (χ0v) is 32.0. The van der Waals surface area contributed by atoms with Crippen LogP contribution < -0.4 is 23.7 Å². The number of benzene rings is 6. The number of hydrogen-bond acceptors (Lipinski definition) is 18. The van der Waals surface area contributed by atoms with Gasteiger partial charge < -0.3 is 90.1 Å². The van der Waals surface area contributed by atoms with Crippen molar-refractivity contribution in [2.24, 2.45) is 0 Å². The highest BCUT2D eigenvalue weighted by molar-refractivity contribution is 5.73. The number of phenolic OH excluding ortho intramolecular Hbond substituents is 10. The Morgan fingerprint density at radius 1 is 0.429 bits per heavy atom. The number of aromatic hydroxyl groups is 10. The first-order valence-corrected chi connectivity index (χ1v) is 19.4. The Morgan fingerprint density at radius 2 is 0.921 bits per heavy atom. The van der Waals surface area contributed by atoms with E-state index in [9.17, 15) is 66.4 Å². The molecule has 0 spiro atoms. The Bertz CT molecular complexity index is 2990. The standard InChI is InChI=1S/C45H34O18/c46-18-10-27(54)33-30(11-18)60-44(16-2-5-21(48)25(52)8-16)42(57)37(33)36-32(61-44)14-28(55)34-38-35-31(62-45(43(38)58,63-41(34)36)17-3-6-22(49)26(53)9-17)13-23(50)19-12-29(56)39(59-40(19)35)15-1-4-20(47)24(51)7-15/h1-11,13-14,29,37-39,42-43,46-58H,12H2/t29-,37+,38-,39+,42-,43-,44+,45-/m1/s1. The van der Waals surface area contributed by atoms with E-state index in [1.54, 1.807) is 0 Å². The summed E-state index contributed by atoms with van der Waals surface area (Å²) in [5.74, 6) is -13.8. The molecule has 322 valence electrons. The molecule has 5 aliphatic rings. The molecule has 18 heteroatoms. The number of fused-ring (bicyclic) bond motifs is 15. The van der Waals surface area contributed by atoms with Crippen LogP contribution in [0.15, 0.2) is 78.9 Å². The summed E-state index contributed by atoms with van der Waals surface area (Å²) in [6.45, 7) is 0. The molecule has 8 atom stereocenters. The van der Waals surface area contributed by atoms with Gasteiger partial charge in [0.15, 0.2) is 34.5 Å². The highest BCUT2D eigenvalue weighted by Gasteiger charge is 2.64. The fourth-order valence-corrected chi connectivity index (χ4v) is 9.70. The molecule has 0 saturated heterocycles. The van der Waals surface area contributed by atoms with Crippen molar-refractivity contribution in [2.75, 3.05) is 0 Å². The molecule has 0 aliphatic carbocycles. The van der Waals surface area contributed by atoms with Gasteiger partial charge in [-0.2, -0.15) is 0 Å². The number of ether oxygens (including phenoxy) is 5. The van der Waals surface area contributed by atoms with Gasteiger partial charge in [0.05, 0.1) is 17.9 Å². The van der Waals surface area contributed by atoms with Crippen LogP contribution >= 0.6 is 0 Å². The quantitative estimate of drug-likeness (QED) is 0.112. The molecule has 0 aromatic heterocycles. The summed E-state index contributed by atoms with van der Waals surface area (Å²) >= 11 is 0. The largest absolute Gasteiger partial charge is 0.508 e. The Balaban J connectivity index is 1.20. The zero-order valence-electron chi connectivity index (χ0n) is 32.0. The molecule has 11 rings (SSSR count). The molecule has 63 heavy (non-hydrogen) atoms. The molecule has 0 fully saturated rings. The van der Waals surface area contributed by atoms with E-state index >= 15 is 0 Å². The second-order valence-corrected chi connectivity index (χ2v) is 16.1. The van der Waals surface area contributed by atoms with Gasteiger partial charge in [0, 0.05) is 69.6 Å². The minimum absolute atomic E-state index is 0.0277. The predicted molar refractivity (Wildman–Crippen MR) is 210 cm³/mol. The molecule has 4 bridgehead atoms. The van der Waals surface area contributed by atoms with Crippen molar-refractivity contribution in [1.29, 1.82) is 0 Å². The number of hydrogen-bond donors (Lipinski definition) is 13. The molecule has 0 amide bonds. The third-order valence-electron chi connectivity index (χ3n) is 12.5. The van der Waals surface area contributed by atoms with Crippen LogP contribution in [0.5, 0.6) is 86.2 Å². The van der Waals surface area contributed by atoms with Gasteiger partial charge in [-0.05, 0) is 54.1 Å². The zero-order chi connectivity index (χ0) is 44.2. The highest BCUT2D eigenvalue weighted by atomic mass is 16.7. The van der Waals surface area contributed by atoms with Gasteiger partial charge >= 0.3 is 11.6 Å². The van der Waals surface area contributed by atoms with Crippen LogP contribution in [0.2, 0.25) is 0 Å². The summed E-state index contributed by atoms with van der Waals surface area (Å²) in [7, 11) is 0. The van der Waals surface area contributed by atoms with E-state index < -0.39 is 105 Å². The smallest absolute Gasteiger partial charge is 0.305 e. The van der Waals surface area contributed by atoms with Crippen molar-refractivity contribution >= 4 is 0 Å². The summed E-state index contributed by atoms with van der Waals surface area (Å²) in [5.41, 5.74) is -0.123. The number of aliphatic hydroxyl groups excluding tert-OH is 3. The SMILES string of the molecule is Oc1cc(O)c2c(c1)O[C@@]1(c3ccc(O)c(O)c3)Oc3cc(O)c4c(c3[C@H]2[C@H]1O)O[C@@]1(c2ccc(O)c(O)c2)Oc2cc(O)c3c(c2[C@@H]4[C@H]1O)O[C@@H](c1ccc(O)c(O)c1)[C@H](O)C3. The van der Waals surface area contributed by atoms with E-state index in [4.69, 9.17) is 23.7 Å². The molecule has 0 saturated carbocycles. The predicted octanol–water partition coefficient (Wildman–Crippen LogP) is 4.04. The van der Waals surface area contributed by atoms with Crippen LogP contribution in [-0.4, -0.2) is 84.7 Å². The van der Waals surface area contributed by atoms with Gasteiger partial charge in [0.2, 0.25) is 0 Å². The van der Waals surface area contributed by atoms with Gasteiger partial charge in [0.1, 0.15) is 70.1 Å². The summed E-state index contributed by atoms with van der Waals surface area (Å²) in [6, 6.07) is 15.2. The van der Waals surface area contributed by atoms with Gasteiger partial charge in [0.25, 0.3) is 0 Å². The summed E-state index contributed by atoms with van der Waals surface area (Å²) in [4.78, 5) is 0. The van der Waals surface area contributed by atoms with Crippen LogP contribution in [0.1, 0.15) is 62.4 Å².